The molecule has 0 atom stereocenters. The van der Waals surface area contributed by atoms with Crippen LogP contribution in [0, 0.1) is 12.1 Å². The Bertz CT molecular complexity index is 526. The number of hydrogen-bond acceptors (Lipinski definition) is 3. The van der Waals surface area contributed by atoms with E-state index in [0.29, 0.717) is 0 Å². The molecule has 0 aromatic rings. The van der Waals surface area contributed by atoms with Crippen molar-refractivity contribution in [2.24, 2.45) is 0 Å². The summed E-state index contributed by atoms with van der Waals surface area (Å²) in [5.41, 5.74) is 0. The fraction of sp³-hybridized carbons (Fsp3) is 0.750. The van der Waals surface area contributed by atoms with Crippen molar-refractivity contribution in [1.82, 2.24) is 0 Å². The van der Waals surface area contributed by atoms with E-state index in [1.807, 2.05) is 4.74 Å². The van der Waals surface area contributed by atoms with Crippen LogP contribution < -0.4 is 0 Å². The molecular formula is C8F14O3. The first-order chi connectivity index (χ1) is 10.7. The van der Waals surface area contributed by atoms with Gasteiger partial charge in [0.1, 0.15) is 6.17 Å². The molecule has 0 amide bonds. The van der Waals surface area contributed by atoms with E-state index in [9.17, 15) is 61.5 Å². The smallest absolute Gasteiger partial charge is 0.241 e. The Kier molecular flexibility index (Phi) is 6.23. The van der Waals surface area contributed by atoms with Gasteiger partial charge in [0.25, 0.3) is 0 Å². The van der Waals surface area contributed by atoms with Crippen molar-refractivity contribution >= 4 is 0 Å². The van der Waals surface area contributed by atoms with Crippen LogP contribution in [-0.2, 0) is 14.2 Å². The van der Waals surface area contributed by atoms with Gasteiger partial charge in [-0.1, -0.05) is 0 Å². The highest BCUT2D eigenvalue weighted by molar-refractivity contribution is 5.00. The maximum Gasteiger partial charge on any atom is 0.527 e. The van der Waals surface area contributed by atoms with Crippen LogP contribution in [0.1, 0.15) is 0 Å². The maximum atomic E-state index is 12.7. The molecule has 25 heavy (non-hydrogen) atoms. The molecular weight excluding hydrogens is 410 g/mol. The second-order valence-corrected chi connectivity index (χ2v) is 3.56. The van der Waals surface area contributed by atoms with Gasteiger partial charge in [0.15, 0.2) is 0 Å². The Balaban J connectivity index is 5.54. The van der Waals surface area contributed by atoms with Gasteiger partial charge in [0.05, 0.1) is 0 Å². The molecule has 0 bridgehead atoms. The number of ether oxygens (including phenoxy) is 3. The Labute approximate surface area is 126 Å². The van der Waals surface area contributed by atoms with Crippen LogP contribution in [0.2, 0.25) is 0 Å². The molecule has 3 nitrogen and oxygen atoms in total. The van der Waals surface area contributed by atoms with Gasteiger partial charge in [-0.3, -0.25) is 0 Å². The van der Waals surface area contributed by atoms with Gasteiger partial charge in [-0.15, -0.1) is 17.6 Å². The molecule has 0 spiro atoms. The molecule has 0 N–H and O–H groups in total. The lowest BCUT2D eigenvalue weighted by atomic mass is 10.5. The zero-order valence-corrected chi connectivity index (χ0v) is 10.5. The van der Waals surface area contributed by atoms with E-state index in [4.69, 9.17) is 0 Å². The summed E-state index contributed by atoms with van der Waals surface area (Å²) in [5.74, 6) is -0.176. The zero-order valence-electron chi connectivity index (χ0n) is 10.5. The van der Waals surface area contributed by atoms with E-state index >= 15 is 0 Å². The predicted molar refractivity (Wildman–Crippen MR) is 42.9 cm³/mol. The number of rotatable bonds is 7. The SMILES string of the molecule is FC#CC(F)(F)OC(F)(F)C(F)(F)OC(F)(F)C(F)(F)OC(F)(F)F. The number of halogens is 14. The summed E-state index contributed by atoms with van der Waals surface area (Å²) in [6, 6.07) is 0. The van der Waals surface area contributed by atoms with Crippen molar-refractivity contribution in [2.45, 2.75) is 36.9 Å². The molecule has 0 saturated carbocycles. The third-order valence-corrected chi connectivity index (χ3v) is 1.63. The summed E-state index contributed by atoms with van der Waals surface area (Å²) >= 11 is 0. The fourth-order valence-electron chi connectivity index (χ4n) is 0.785. The zero-order chi connectivity index (χ0) is 20.5. The Morgan fingerprint density at radius 1 is 0.480 bits per heavy atom. The summed E-state index contributed by atoms with van der Waals surface area (Å²) in [6.45, 7) is 0. The standard InChI is InChI=1S/C8F14O3/c9-2-1-3(10,11)23-4(12,13)5(14,15)24-6(16,17)7(18,19)25-8(20,21)22. The van der Waals surface area contributed by atoms with Crippen LogP contribution in [-0.4, -0.2) is 36.9 Å². The average molecular weight is 410 g/mol. The summed E-state index contributed by atoms with van der Waals surface area (Å²) < 4.78 is 176. The number of alkyl halides is 13. The van der Waals surface area contributed by atoms with Crippen molar-refractivity contribution in [2.75, 3.05) is 0 Å². The van der Waals surface area contributed by atoms with Gasteiger partial charge in [0, 0.05) is 5.92 Å². The molecule has 0 aromatic carbocycles. The molecule has 17 heteroatoms. The largest absolute Gasteiger partial charge is 0.527 e. The first-order valence-corrected chi connectivity index (χ1v) is 4.87. The summed E-state index contributed by atoms with van der Waals surface area (Å²) in [7, 11) is 0. The first kappa shape index (κ1) is 23.5. The van der Waals surface area contributed by atoms with Crippen molar-refractivity contribution in [3.63, 3.8) is 0 Å². The van der Waals surface area contributed by atoms with Crippen molar-refractivity contribution in [1.29, 1.82) is 0 Å². The van der Waals surface area contributed by atoms with Gasteiger partial charge < -0.3 is 0 Å². The van der Waals surface area contributed by atoms with E-state index < -0.39 is 36.9 Å². The minimum atomic E-state index is -7.13. The molecule has 0 saturated heterocycles. The summed E-state index contributed by atoms with van der Waals surface area (Å²) in [6.07, 6.45) is -40.7. The van der Waals surface area contributed by atoms with E-state index in [1.54, 1.807) is 0 Å². The normalized spacial score (nSPS) is 15.0. The molecule has 0 unspecified atom stereocenters. The molecule has 0 heterocycles. The Morgan fingerprint density at radius 3 is 1.12 bits per heavy atom. The van der Waals surface area contributed by atoms with Crippen molar-refractivity contribution in [3.8, 4) is 12.1 Å². The van der Waals surface area contributed by atoms with Gasteiger partial charge in [0.2, 0.25) is 0 Å². The maximum absolute atomic E-state index is 12.7. The van der Waals surface area contributed by atoms with Gasteiger partial charge in [-0.05, 0) is 0 Å². The molecule has 0 aliphatic carbocycles. The van der Waals surface area contributed by atoms with Crippen LogP contribution in [0.5, 0.6) is 0 Å². The molecule has 0 fully saturated rings. The molecule has 0 aromatic heterocycles. The second-order valence-electron chi connectivity index (χ2n) is 3.56. The topological polar surface area (TPSA) is 27.7 Å². The van der Waals surface area contributed by atoms with Crippen molar-refractivity contribution in [3.05, 3.63) is 0 Å². The van der Waals surface area contributed by atoms with Crippen LogP contribution in [0.4, 0.5) is 61.5 Å². The number of hydrogen-bond donors (Lipinski definition) is 0. The third kappa shape index (κ3) is 6.36. The van der Waals surface area contributed by atoms with Crippen LogP contribution in [0.3, 0.4) is 0 Å². The van der Waals surface area contributed by atoms with E-state index in [0.717, 1.165) is 0 Å². The minimum absolute atomic E-state index is 0.176. The lowest BCUT2D eigenvalue weighted by Gasteiger charge is -2.32. The van der Waals surface area contributed by atoms with Gasteiger partial charge >= 0.3 is 36.9 Å². The highest BCUT2D eigenvalue weighted by Crippen LogP contribution is 2.48. The summed E-state index contributed by atoms with van der Waals surface area (Å²) in [5, 5.41) is 0. The molecule has 0 radical (unpaired) electrons. The van der Waals surface area contributed by atoms with Crippen LogP contribution in [0.25, 0.3) is 0 Å². The van der Waals surface area contributed by atoms with E-state index in [2.05, 4.69) is 0 Å². The summed E-state index contributed by atoms with van der Waals surface area (Å²) in [4.78, 5) is 0. The highest BCUT2D eigenvalue weighted by Gasteiger charge is 2.74. The predicted octanol–water partition coefficient (Wildman–Crippen LogP) is 4.45. The van der Waals surface area contributed by atoms with E-state index in [-0.39, 0.29) is 12.1 Å². The molecule has 0 aliphatic heterocycles. The Morgan fingerprint density at radius 2 is 0.800 bits per heavy atom. The first-order valence-electron chi connectivity index (χ1n) is 4.87. The highest BCUT2D eigenvalue weighted by atomic mass is 19.4. The third-order valence-electron chi connectivity index (χ3n) is 1.63. The van der Waals surface area contributed by atoms with Gasteiger partial charge in [-0.2, -0.15) is 43.9 Å². The average Bonchev–Trinajstić information content (AvgIpc) is 2.20. The molecule has 0 aliphatic rings. The second kappa shape index (κ2) is 6.64. The van der Waals surface area contributed by atoms with Gasteiger partial charge in [-0.25, -0.2) is 14.2 Å². The monoisotopic (exact) mass is 410 g/mol. The van der Waals surface area contributed by atoms with Crippen molar-refractivity contribution < 1.29 is 75.7 Å². The fourth-order valence-corrected chi connectivity index (χ4v) is 0.785. The minimum Gasteiger partial charge on any atom is -0.241 e. The molecule has 148 valence electrons. The van der Waals surface area contributed by atoms with E-state index in [1.165, 1.54) is 9.47 Å². The molecule has 0 rings (SSSR count). The van der Waals surface area contributed by atoms with Crippen LogP contribution in [0.15, 0.2) is 0 Å². The lowest BCUT2D eigenvalue weighted by molar-refractivity contribution is -0.561. The quantitative estimate of drug-likeness (QED) is 0.459. The lowest BCUT2D eigenvalue weighted by Crippen LogP contribution is -2.57. The Hall–Kier alpha value is -1.54. The van der Waals surface area contributed by atoms with Crippen LogP contribution >= 0.6 is 0 Å².